The number of hydrogen-bond donors (Lipinski definition) is 2. The summed E-state index contributed by atoms with van der Waals surface area (Å²) in [7, 11) is 0. The van der Waals surface area contributed by atoms with E-state index in [1.54, 1.807) is 0 Å². The van der Waals surface area contributed by atoms with E-state index in [0.29, 0.717) is 31.6 Å². The van der Waals surface area contributed by atoms with Crippen LogP contribution in [0.2, 0.25) is 0 Å². The van der Waals surface area contributed by atoms with Gasteiger partial charge in [-0.05, 0) is 43.4 Å². The molecule has 2 fully saturated rings. The third-order valence-electron chi connectivity index (χ3n) is 4.98. The zero-order valence-electron chi connectivity index (χ0n) is 11.1. The van der Waals surface area contributed by atoms with E-state index in [4.69, 9.17) is 0 Å². The molecule has 1 unspecified atom stereocenters. The first-order valence-electron chi connectivity index (χ1n) is 6.67. The Morgan fingerprint density at radius 1 is 1.12 bits per heavy atom. The van der Waals surface area contributed by atoms with E-state index in [1.165, 1.54) is 0 Å². The highest BCUT2D eigenvalue weighted by Crippen LogP contribution is 2.49. The molecule has 0 aromatic heterocycles. The summed E-state index contributed by atoms with van der Waals surface area (Å²) in [5.41, 5.74) is -2.35. The monoisotopic (exact) mass is 240 g/mol. The molecule has 3 heteroatoms. The molecule has 2 saturated carbocycles. The molecular weight excluding hydrogens is 216 g/mol. The van der Waals surface area contributed by atoms with Crippen LogP contribution in [0.25, 0.3) is 0 Å². The quantitative estimate of drug-likeness (QED) is 0.737. The summed E-state index contributed by atoms with van der Waals surface area (Å²) < 4.78 is 0. The van der Waals surface area contributed by atoms with Crippen molar-refractivity contribution in [1.82, 2.24) is 0 Å². The Balaban J connectivity index is 2.05. The summed E-state index contributed by atoms with van der Waals surface area (Å²) in [5.74, 6) is 0.399. The molecule has 0 spiro atoms. The molecular formula is C14H24O3. The maximum atomic E-state index is 11.5. The molecule has 17 heavy (non-hydrogen) atoms. The van der Waals surface area contributed by atoms with E-state index >= 15 is 0 Å². The van der Waals surface area contributed by atoms with Crippen LogP contribution in [-0.4, -0.2) is 27.2 Å². The van der Waals surface area contributed by atoms with Crippen LogP contribution in [0.3, 0.4) is 0 Å². The largest absolute Gasteiger partial charge is 0.386 e. The average Bonchev–Trinajstić information content (AvgIpc) is 2.25. The van der Waals surface area contributed by atoms with E-state index in [9.17, 15) is 15.0 Å². The van der Waals surface area contributed by atoms with Gasteiger partial charge in [-0.3, -0.25) is 4.79 Å². The second-order valence-corrected chi connectivity index (χ2v) is 6.96. The molecule has 0 saturated heterocycles. The van der Waals surface area contributed by atoms with Gasteiger partial charge in [0.1, 0.15) is 5.60 Å². The molecule has 2 aliphatic rings. The van der Waals surface area contributed by atoms with Crippen LogP contribution in [0.4, 0.5) is 0 Å². The highest BCUT2D eigenvalue weighted by atomic mass is 16.4. The number of ketones is 1. The zero-order valence-corrected chi connectivity index (χ0v) is 11.1. The molecule has 1 atom stereocenters. The second kappa shape index (κ2) is 3.79. The smallest absolute Gasteiger partial charge is 0.167 e. The summed E-state index contributed by atoms with van der Waals surface area (Å²) in [6.45, 7) is 6.64. The van der Waals surface area contributed by atoms with Gasteiger partial charge >= 0.3 is 0 Å². The molecule has 0 aromatic carbocycles. The van der Waals surface area contributed by atoms with E-state index in [0.717, 1.165) is 12.8 Å². The number of carbonyl (C=O) groups is 1. The van der Waals surface area contributed by atoms with Gasteiger partial charge in [0.2, 0.25) is 0 Å². The van der Waals surface area contributed by atoms with Crippen molar-refractivity contribution in [2.24, 2.45) is 11.3 Å². The number of Topliss-reactive ketones (excluding diaryl/α,β-unsaturated/α-hetero) is 1. The Morgan fingerprint density at radius 3 is 1.94 bits per heavy atom. The van der Waals surface area contributed by atoms with Crippen LogP contribution in [0.15, 0.2) is 0 Å². The fourth-order valence-electron chi connectivity index (χ4n) is 3.33. The third-order valence-corrected chi connectivity index (χ3v) is 4.98. The standard InChI is InChI=1S/C14H24O3/c1-12(2,3)10-4-7-13(16,8-5-10)14(17)9-6-11(14)15/h10,16-17H,4-9H2,1-3H3. The lowest BCUT2D eigenvalue weighted by Crippen LogP contribution is -2.65. The van der Waals surface area contributed by atoms with Crippen molar-refractivity contribution in [3.05, 3.63) is 0 Å². The molecule has 0 aromatic rings. The maximum absolute atomic E-state index is 11.5. The maximum Gasteiger partial charge on any atom is 0.167 e. The fraction of sp³-hybridized carbons (Fsp3) is 0.929. The Morgan fingerprint density at radius 2 is 1.65 bits per heavy atom. The van der Waals surface area contributed by atoms with E-state index in [-0.39, 0.29) is 11.2 Å². The van der Waals surface area contributed by atoms with Gasteiger partial charge in [0.15, 0.2) is 11.4 Å². The summed E-state index contributed by atoms with van der Waals surface area (Å²) in [6.07, 6.45) is 3.75. The van der Waals surface area contributed by atoms with Crippen LogP contribution in [0, 0.1) is 11.3 Å². The van der Waals surface area contributed by atoms with Crippen molar-refractivity contribution in [2.45, 2.75) is 70.5 Å². The van der Waals surface area contributed by atoms with Crippen LogP contribution in [0.1, 0.15) is 59.3 Å². The van der Waals surface area contributed by atoms with Crippen LogP contribution in [0.5, 0.6) is 0 Å². The number of carbonyl (C=O) groups excluding carboxylic acids is 1. The van der Waals surface area contributed by atoms with E-state index < -0.39 is 11.2 Å². The molecule has 98 valence electrons. The lowest BCUT2D eigenvalue weighted by molar-refractivity contribution is -0.206. The van der Waals surface area contributed by atoms with Gasteiger partial charge in [0.05, 0.1) is 0 Å². The molecule has 0 radical (unpaired) electrons. The number of aliphatic hydroxyl groups is 2. The van der Waals surface area contributed by atoms with Crippen molar-refractivity contribution in [2.75, 3.05) is 0 Å². The Hall–Kier alpha value is -0.410. The molecule has 0 aliphatic heterocycles. The topological polar surface area (TPSA) is 57.5 Å². The molecule has 2 rings (SSSR count). The molecule has 2 N–H and O–H groups in total. The van der Waals surface area contributed by atoms with Crippen molar-refractivity contribution in [3.63, 3.8) is 0 Å². The van der Waals surface area contributed by atoms with Crippen molar-refractivity contribution < 1.29 is 15.0 Å². The second-order valence-electron chi connectivity index (χ2n) is 6.96. The van der Waals surface area contributed by atoms with Crippen molar-refractivity contribution in [1.29, 1.82) is 0 Å². The van der Waals surface area contributed by atoms with Crippen molar-refractivity contribution >= 4 is 5.78 Å². The van der Waals surface area contributed by atoms with Gasteiger partial charge in [-0.15, -0.1) is 0 Å². The lowest BCUT2D eigenvalue weighted by atomic mass is 9.58. The van der Waals surface area contributed by atoms with Gasteiger partial charge in [0.25, 0.3) is 0 Å². The fourth-order valence-corrected chi connectivity index (χ4v) is 3.33. The third kappa shape index (κ3) is 1.93. The molecule has 2 aliphatic carbocycles. The highest BCUT2D eigenvalue weighted by Gasteiger charge is 2.60. The first kappa shape index (κ1) is 13.0. The number of hydrogen-bond acceptors (Lipinski definition) is 3. The predicted molar refractivity (Wildman–Crippen MR) is 65.6 cm³/mol. The summed E-state index contributed by atoms with van der Waals surface area (Å²) >= 11 is 0. The lowest BCUT2D eigenvalue weighted by Gasteiger charge is -2.51. The van der Waals surface area contributed by atoms with Gasteiger partial charge < -0.3 is 10.2 Å². The first-order chi connectivity index (χ1) is 7.69. The average molecular weight is 240 g/mol. The van der Waals surface area contributed by atoms with Gasteiger partial charge in [-0.1, -0.05) is 20.8 Å². The van der Waals surface area contributed by atoms with Crippen LogP contribution >= 0.6 is 0 Å². The van der Waals surface area contributed by atoms with Gasteiger partial charge in [0, 0.05) is 6.42 Å². The summed E-state index contributed by atoms with van der Waals surface area (Å²) in [4.78, 5) is 11.5. The Labute approximate surface area is 103 Å². The minimum Gasteiger partial charge on any atom is -0.386 e. The SMILES string of the molecule is CC(C)(C)C1CCC(O)(C2(O)CCC2=O)CC1. The molecule has 0 bridgehead atoms. The molecule has 3 nitrogen and oxygen atoms in total. The normalized spacial score (nSPS) is 43.4. The predicted octanol–water partition coefficient (Wildman–Crippen LogP) is 2.05. The Kier molecular flexibility index (Phi) is 2.91. The van der Waals surface area contributed by atoms with E-state index in [1.807, 2.05) is 0 Å². The minimum absolute atomic E-state index is 0.172. The van der Waals surface area contributed by atoms with E-state index in [2.05, 4.69) is 20.8 Å². The summed E-state index contributed by atoms with van der Waals surface area (Å²) in [6, 6.07) is 0. The zero-order chi connectivity index (χ0) is 12.9. The Bertz CT molecular complexity index is 321. The van der Waals surface area contributed by atoms with Crippen LogP contribution < -0.4 is 0 Å². The highest BCUT2D eigenvalue weighted by molar-refractivity contribution is 5.94. The van der Waals surface area contributed by atoms with Gasteiger partial charge in [-0.25, -0.2) is 0 Å². The molecule has 0 amide bonds. The first-order valence-corrected chi connectivity index (χ1v) is 6.67. The van der Waals surface area contributed by atoms with Gasteiger partial charge in [-0.2, -0.15) is 0 Å². The minimum atomic E-state index is -1.43. The van der Waals surface area contributed by atoms with Crippen LogP contribution in [-0.2, 0) is 4.79 Å². The van der Waals surface area contributed by atoms with Crippen molar-refractivity contribution in [3.8, 4) is 0 Å². The number of rotatable bonds is 1. The molecule has 0 heterocycles. The summed E-state index contributed by atoms with van der Waals surface area (Å²) in [5, 5.41) is 20.8.